The van der Waals surface area contributed by atoms with Crippen LogP contribution in [-0.4, -0.2) is 50.1 Å². The molecule has 1 unspecified atom stereocenters. The Balaban J connectivity index is 1.43. The predicted octanol–water partition coefficient (Wildman–Crippen LogP) is 4.14. The maximum Gasteiger partial charge on any atom is 0.248 e. The maximum absolute atomic E-state index is 13.8. The molecule has 10 nitrogen and oxygen atoms in total. The van der Waals surface area contributed by atoms with Gasteiger partial charge in [0.25, 0.3) is 0 Å². The van der Waals surface area contributed by atoms with Gasteiger partial charge in [-0.15, -0.1) is 21.5 Å². The van der Waals surface area contributed by atoms with Crippen molar-refractivity contribution >= 4 is 23.2 Å². The van der Waals surface area contributed by atoms with Crippen molar-refractivity contribution in [1.82, 2.24) is 30.4 Å². The molecular formula is C27H30N6O4S. The molecular weight excluding hydrogens is 504 g/mol. The van der Waals surface area contributed by atoms with Crippen LogP contribution in [0.4, 0.5) is 0 Å². The number of hydrogen-bond acceptors (Lipinski definition) is 8. The highest BCUT2D eigenvalue weighted by Gasteiger charge is 2.34. The first kappa shape index (κ1) is 25.7. The molecule has 2 amide bonds. The van der Waals surface area contributed by atoms with E-state index in [1.165, 1.54) is 16.1 Å². The normalized spacial score (nSPS) is 14.4. The average molecular weight is 535 g/mol. The zero-order valence-electron chi connectivity index (χ0n) is 21.4. The Labute approximate surface area is 224 Å². The molecule has 1 fully saturated rings. The second kappa shape index (κ2) is 11.6. The van der Waals surface area contributed by atoms with Crippen molar-refractivity contribution in [3.63, 3.8) is 0 Å². The molecule has 0 spiro atoms. The van der Waals surface area contributed by atoms with E-state index >= 15 is 0 Å². The summed E-state index contributed by atoms with van der Waals surface area (Å²) in [7, 11) is 1.61. The minimum atomic E-state index is -0.791. The fourth-order valence-electron chi connectivity index (χ4n) is 4.65. The number of tetrazole rings is 1. The van der Waals surface area contributed by atoms with Crippen LogP contribution in [0.3, 0.4) is 0 Å². The summed E-state index contributed by atoms with van der Waals surface area (Å²) < 4.78 is 10.9. The summed E-state index contributed by atoms with van der Waals surface area (Å²) in [6.45, 7) is 1.87. The molecule has 5 rings (SSSR count). The average Bonchev–Trinajstić information content (AvgIpc) is 3.73. The fraction of sp³-hybridized carbons (Fsp3) is 0.370. The van der Waals surface area contributed by atoms with E-state index in [-0.39, 0.29) is 30.9 Å². The first-order valence-corrected chi connectivity index (χ1v) is 13.5. The molecule has 3 heterocycles. The van der Waals surface area contributed by atoms with Crippen LogP contribution in [0.5, 0.6) is 5.75 Å². The molecule has 1 aromatic carbocycles. The van der Waals surface area contributed by atoms with Gasteiger partial charge in [0.1, 0.15) is 24.1 Å². The summed E-state index contributed by atoms with van der Waals surface area (Å²) in [5.41, 5.74) is 0.868. The van der Waals surface area contributed by atoms with Gasteiger partial charge in [-0.1, -0.05) is 31.0 Å². The van der Waals surface area contributed by atoms with Gasteiger partial charge in [-0.05, 0) is 66.3 Å². The second-order valence-corrected chi connectivity index (χ2v) is 10.3. The monoisotopic (exact) mass is 534 g/mol. The van der Waals surface area contributed by atoms with E-state index in [0.717, 1.165) is 41.9 Å². The van der Waals surface area contributed by atoms with Gasteiger partial charge in [-0.2, -0.15) is 4.80 Å². The lowest BCUT2D eigenvalue weighted by Crippen LogP contribution is -2.46. The molecule has 0 bridgehead atoms. The maximum atomic E-state index is 13.8. The van der Waals surface area contributed by atoms with Crippen LogP contribution in [0.2, 0.25) is 0 Å². The minimum absolute atomic E-state index is 0.124. The van der Waals surface area contributed by atoms with Crippen LogP contribution >= 0.6 is 11.3 Å². The third-order valence-electron chi connectivity index (χ3n) is 6.60. The van der Waals surface area contributed by atoms with E-state index in [1.807, 2.05) is 54.8 Å². The lowest BCUT2D eigenvalue weighted by Gasteiger charge is -2.31. The molecule has 3 aromatic heterocycles. The fourth-order valence-corrected chi connectivity index (χ4v) is 5.48. The quantitative estimate of drug-likeness (QED) is 0.325. The van der Waals surface area contributed by atoms with Crippen molar-refractivity contribution in [3.8, 4) is 17.3 Å². The summed E-state index contributed by atoms with van der Waals surface area (Å²) in [5, 5.41) is 17.5. The number of nitrogens with zero attached hydrogens (tertiary/aromatic N) is 5. The molecule has 4 aromatic rings. The van der Waals surface area contributed by atoms with Gasteiger partial charge in [0.05, 0.1) is 7.11 Å². The highest BCUT2D eigenvalue weighted by Crippen LogP contribution is 2.29. The van der Waals surface area contributed by atoms with Gasteiger partial charge < -0.3 is 19.4 Å². The Morgan fingerprint density at radius 1 is 1.18 bits per heavy atom. The number of aryl methyl sites for hydroxylation is 1. The highest BCUT2D eigenvalue weighted by atomic mass is 32.1. The van der Waals surface area contributed by atoms with Crippen molar-refractivity contribution in [2.75, 3.05) is 7.11 Å². The molecule has 198 valence electrons. The number of amides is 2. The molecule has 1 aliphatic carbocycles. The van der Waals surface area contributed by atoms with E-state index in [1.54, 1.807) is 18.1 Å². The Morgan fingerprint density at radius 3 is 2.63 bits per heavy atom. The van der Waals surface area contributed by atoms with Gasteiger partial charge in [0, 0.05) is 17.5 Å². The molecule has 1 atom stereocenters. The van der Waals surface area contributed by atoms with Gasteiger partial charge in [-0.25, -0.2) is 0 Å². The van der Waals surface area contributed by atoms with Gasteiger partial charge in [0.15, 0.2) is 5.76 Å². The van der Waals surface area contributed by atoms with Crippen molar-refractivity contribution in [1.29, 1.82) is 0 Å². The van der Waals surface area contributed by atoms with Crippen LogP contribution in [0.25, 0.3) is 11.6 Å². The van der Waals surface area contributed by atoms with Crippen LogP contribution in [0.1, 0.15) is 47.9 Å². The predicted molar refractivity (Wildman–Crippen MR) is 141 cm³/mol. The first-order chi connectivity index (χ1) is 18.5. The van der Waals surface area contributed by atoms with E-state index < -0.39 is 6.04 Å². The second-order valence-electron chi connectivity index (χ2n) is 9.33. The number of benzene rings is 1. The van der Waals surface area contributed by atoms with Gasteiger partial charge >= 0.3 is 0 Å². The van der Waals surface area contributed by atoms with Crippen molar-refractivity contribution in [2.24, 2.45) is 0 Å². The number of rotatable bonds is 10. The molecule has 11 heteroatoms. The van der Waals surface area contributed by atoms with Crippen LogP contribution in [0.15, 0.2) is 58.3 Å². The molecule has 1 saturated carbocycles. The number of carbonyl (C=O) groups excluding carboxylic acids is 2. The highest BCUT2D eigenvalue weighted by molar-refractivity contribution is 7.10. The zero-order chi connectivity index (χ0) is 26.5. The number of aromatic nitrogens is 4. The third-order valence-corrected chi connectivity index (χ3v) is 7.52. The lowest BCUT2D eigenvalue weighted by atomic mass is 10.1. The Kier molecular flexibility index (Phi) is 7.83. The Bertz CT molecular complexity index is 1360. The van der Waals surface area contributed by atoms with Crippen molar-refractivity contribution in [3.05, 3.63) is 70.1 Å². The number of ether oxygens (including phenoxy) is 1. The van der Waals surface area contributed by atoms with Crippen LogP contribution in [0, 0.1) is 6.92 Å². The number of nitrogens with one attached hydrogen (secondary N) is 1. The number of methoxy groups -OCH3 is 1. The van der Waals surface area contributed by atoms with Gasteiger partial charge in [-0.3, -0.25) is 9.59 Å². The summed E-state index contributed by atoms with van der Waals surface area (Å²) in [4.78, 5) is 31.2. The van der Waals surface area contributed by atoms with E-state index in [4.69, 9.17) is 9.15 Å². The van der Waals surface area contributed by atoms with Crippen LogP contribution in [-0.2, 0) is 22.7 Å². The third kappa shape index (κ3) is 5.94. The molecule has 0 radical (unpaired) electrons. The smallest absolute Gasteiger partial charge is 0.248 e. The molecule has 1 N–H and O–H groups in total. The largest absolute Gasteiger partial charge is 0.497 e. The Morgan fingerprint density at radius 2 is 1.97 bits per heavy atom. The van der Waals surface area contributed by atoms with E-state index in [9.17, 15) is 9.59 Å². The number of furan rings is 1. The number of hydrogen-bond donors (Lipinski definition) is 1. The molecule has 1 aliphatic rings. The molecule has 38 heavy (non-hydrogen) atoms. The summed E-state index contributed by atoms with van der Waals surface area (Å²) in [5.74, 6) is 1.73. The minimum Gasteiger partial charge on any atom is -0.497 e. The zero-order valence-corrected chi connectivity index (χ0v) is 22.2. The van der Waals surface area contributed by atoms with E-state index in [0.29, 0.717) is 17.3 Å². The lowest BCUT2D eigenvalue weighted by molar-refractivity contribution is -0.142. The SMILES string of the molecule is COc1ccc(CN(C(=O)Cn2nnc(-c3ccc(C)o3)n2)C(C(=O)NC2CCCC2)c2cccs2)cc1. The summed E-state index contributed by atoms with van der Waals surface area (Å²) in [6.07, 6.45) is 4.09. The van der Waals surface area contributed by atoms with Gasteiger partial charge in [0.2, 0.25) is 17.6 Å². The molecule has 0 saturated heterocycles. The Hall–Kier alpha value is -3.99. The summed E-state index contributed by atoms with van der Waals surface area (Å²) in [6, 6.07) is 14.2. The van der Waals surface area contributed by atoms with Crippen LogP contribution < -0.4 is 10.1 Å². The number of carbonyl (C=O) groups is 2. The van der Waals surface area contributed by atoms with Crippen molar-refractivity contribution < 1.29 is 18.7 Å². The standard InChI is InChI=1S/C27H30N6O4S/c1-18-9-14-22(37-18)26-29-31-33(30-26)17-24(34)32(16-19-10-12-21(36-2)13-11-19)25(23-8-5-15-38-23)27(35)28-20-6-3-4-7-20/h5,8-15,20,25H,3-4,6-7,16-17H2,1-2H3,(H,28,35). The van der Waals surface area contributed by atoms with Crippen molar-refractivity contribution in [2.45, 2.75) is 57.8 Å². The topological polar surface area (TPSA) is 115 Å². The first-order valence-electron chi connectivity index (χ1n) is 12.6. The van der Waals surface area contributed by atoms with E-state index in [2.05, 4.69) is 20.7 Å². The number of thiophene rings is 1. The summed E-state index contributed by atoms with van der Waals surface area (Å²) >= 11 is 1.45. The molecule has 0 aliphatic heterocycles.